The summed E-state index contributed by atoms with van der Waals surface area (Å²) < 4.78 is 38.3. The Morgan fingerprint density at radius 3 is 2.64 bits per heavy atom. The predicted octanol–water partition coefficient (Wildman–Crippen LogP) is 4.29. The van der Waals surface area contributed by atoms with Gasteiger partial charge in [-0.3, -0.25) is 0 Å². The fourth-order valence-electron chi connectivity index (χ4n) is 1.35. The van der Waals surface area contributed by atoms with Crippen LogP contribution in [-0.2, 0) is 0 Å². The van der Waals surface area contributed by atoms with Gasteiger partial charge in [0, 0.05) is 15.8 Å². The molecule has 1 aromatic heterocycles. The summed E-state index contributed by atoms with van der Waals surface area (Å²) in [6.07, 6.45) is -2.50. The first-order valence-electron chi connectivity index (χ1n) is 4.06. The summed E-state index contributed by atoms with van der Waals surface area (Å²) in [5.41, 5.74) is 0.476. The normalized spacial score (nSPS) is 11.5. The zero-order chi connectivity index (χ0) is 10.3. The van der Waals surface area contributed by atoms with Crippen molar-refractivity contribution in [1.29, 1.82) is 0 Å². The first kappa shape index (κ1) is 9.52. The van der Waals surface area contributed by atoms with E-state index in [1.54, 1.807) is 13.0 Å². The Hall–Kier alpha value is -1.03. The molecule has 0 bridgehead atoms. The number of hydrogen-bond donors (Lipinski definition) is 0. The van der Waals surface area contributed by atoms with E-state index in [0.717, 1.165) is 16.7 Å². The molecule has 0 saturated carbocycles. The van der Waals surface area contributed by atoms with Crippen molar-refractivity contribution in [3.8, 4) is 0 Å². The lowest BCUT2D eigenvalue weighted by atomic mass is 10.1. The molecular weight excluding hydrogens is 209 g/mol. The van der Waals surface area contributed by atoms with Gasteiger partial charge in [0.05, 0.1) is 0 Å². The molecule has 14 heavy (non-hydrogen) atoms. The van der Waals surface area contributed by atoms with Crippen LogP contribution in [0.2, 0.25) is 0 Å². The molecule has 0 N–H and O–H groups in total. The summed E-state index contributed by atoms with van der Waals surface area (Å²) in [6, 6.07) is 4.23. The van der Waals surface area contributed by atoms with Crippen molar-refractivity contribution in [3.63, 3.8) is 0 Å². The molecule has 0 unspecified atom stereocenters. The predicted molar refractivity (Wildman–Crippen MR) is 51.5 cm³/mol. The van der Waals surface area contributed by atoms with Crippen LogP contribution in [0.3, 0.4) is 0 Å². The van der Waals surface area contributed by atoms with E-state index < -0.39 is 6.43 Å². The van der Waals surface area contributed by atoms with Crippen molar-refractivity contribution in [2.45, 2.75) is 13.3 Å². The monoisotopic (exact) mass is 216 g/mol. The summed E-state index contributed by atoms with van der Waals surface area (Å²) in [5.74, 6) is 0. The van der Waals surface area contributed by atoms with Crippen LogP contribution in [0.1, 0.15) is 17.6 Å². The van der Waals surface area contributed by atoms with Crippen LogP contribution in [0.5, 0.6) is 0 Å². The third-order valence-corrected chi connectivity index (χ3v) is 3.20. The van der Waals surface area contributed by atoms with Crippen molar-refractivity contribution in [1.82, 2.24) is 0 Å². The van der Waals surface area contributed by atoms with Crippen LogP contribution in [0, 0.1) is 12.1 Å². The molecule has 4 heteroatoms. The van der Waals surface area contributed by atoms with E-state index in [1.807, 2.05) is 0 Å². The summed E-state index contributed by atoms with van der Waals surface area (Å²) in [6.45, 7) is 1.65. The highest BCUT2D eigenvalue weighted by Crippen LogP contribution is 2.32. The van der Waals surface area contributed by atoms with Gasteiger partial charge >= 0.3 is 0 Å². The van der Waals surface area contributed by atoms with Gasteiger partial charge in [0.15, 0.2) is 5.13 Å². The van der Waals surface area contributed by atoms with Gasteiger partial charge in [-0.05, 0) is 18.4 Å². The molecule has 0 nitrogen and oxygen atoms in total. The van der Waals surface area contributed by atoms with Crippen LogP contribution in [0.4, 0.5) is 13.2 Å². The van der Waals surface area contributed by atoms with E-state index in [2.05, 4.69) is 0 Å². The van der Waals surface area contributed by atoms with Gasteiger partial charge < -0.3 is 0 Å². The van der Waals surface area contributed by atoms with Crippen LogP contribution in [-0.4, -0.2) is 0 Å². The molecule has 0 amide bonds. The standard InChI is InChI=1S/C10H7F3S/c1-5-7-3-2-6(9(11)12)4-8(7)14-10(5)13/h2-4,9H,1H3. The Kier molecular flexibility index (Phi) is 2.23. The molecule has 0 atom stereocenters. The summed E-state index contributed by atoms with van der Waals surface area (Å²) >= 11 is 0.910. The van der Waals surface area contributed by atoms with E-state index in [9.17, 15) is 13.2 Å². The lowest BCUT2D eigenvalue weighted by Crippen LogP contribution is -1.81. The molecule has 0 radical (unpaired) electrons. The molecule has 0 saturated heterocycles. The number of fused-ring (bicyclic) bond motifs is 1. The van der Waals surface area contributed by atoms with Crippen molar-refractivity contribution < 1.29 is 13.2 Å². The van der Waals surface area contributed by atoms with Crippen LogP contribution in [0.15, 0.2) is 18.2 Å². The van der Waals surface area contributed by atoms with Gasteiger partial charge in [-0.2, -0.15) is 4.39 Å². The van der Waals surface area contributed by atoms with Gasteiger partial charge in [0.1, 0.15) is 0 Å². The maximum atomic E-state index is 13.1. The van der Waals surface area contributed by atoms with Gasteiger partial charge in [-0.1, -0.05) is 12.1 Å². The first-order chi connectivity index (χ1) is 6.59. The number of thiophene rings is 1. The summed E-state index contributed by atoms with van der Waals surface area (Å²) in [7, 11) is 0. The molecule has 2 rings (SSSR count). The highest BCUT2D eigenvalue weighted by molar-refractivity contribution is 7.17. The average molecular weight is 216 g/mol. The van der Waals surface area contributed by atoms with Crippen LogP contribution < -0.4 is 0 Å². The Labute approximate surface area is 83.0 Å². The largest absolute Gasteiger partial charge is 0.263 e. The van der Waals surface area contributed by atoms with Crippen LogP contribution in [0.25, 0.3) is 10.1 Å². The van der Waals surface area contributed by atoms with Gasteiger partial charge in [0.25, 0.3) is 6.43 Å². The minimum atomic E-state index is -2.50. The lowest BCUT2D eigenvalue weighted by Gasteiger charge is -1.98. The second-order valence-electron chi connectivity index (χ2n) is 3.06. The Morgan fingerprint density at radius 2 is 2.00 bits per heavy atom. The van der Waals surface area contributed by atoms with Gasteiger partial charge in [-0.25, -0.2) is 8.78 Å². The molecule has 0 aliphatic rings. The van der Waals surface area contributed by atoms with E-state index in [1.165, 1.54) is 12.1 Å². The highest BCUT2D eigenvalue weighted by Gasteiger charge is 2.11. The lowest BCUT2D eigenvalue weighted by molar-refractivity contribution is 0.151. The fraction of sp³-hybridized carbons (Fsp3) is 0.200. The minimum absolute atomic E-state index is 0.0567. The molecule has 74 valence electrons. The van der Waals surface area contributed by atoms with Crippen molar-refractivity contribution in [2.75, 3.05) is 0 Å². The Morgan fingerprint density at radius 1 is 1.29 bits per heavy atom. The summed E-state index contributed by atoms with van der Waals surface area (Å²) in [5, 5.41) is 0.420. The quantitative estimate of drug-likeness (QED) is 0.667. The SMILES string of the molecule is Cc1c(F)sc2cc(C(F)F)ccc12. The molecule has 0 aliphatic heterocycles. The van der Waals surface area contributed by atoms with Crippen molar-refractivity contribution in [2.24, 2.45) is 0 Å². The van der Waals surface area contributed by atoms with E-state index in [-0.39, 0.29) is 10.7 Å². The zero-order valence-corrected chi connectivity index (χ0v) is 8.17. The fourth-order valence-corrected chi connectivity index (χ4v) is 2.33. The maximum absolute atomic E-state index is 13.1. The highest BCUT2D eigenvalue weighted by atomic mass is 32.1. The second kappa shape index (κ2) is 3.28. The number of benzene rings is 1. The molecule has 1 heterocycles. The molecular formula is C10H7F3S. The zero-order valence-electron chi connectivity index (χ0n) is 7.35. The molecule has 2 aromatic rings. The third kappa shape index (κ3) is 1.39. The number of alkyl halides is 2. The van der Waals surface area contributed by atoms with Crippen LogP contribution >= 0.6 is 11.3 Å². The smallest absolute Gasteiger partial charge is 0.205 e. The molecule has 1 aromatic carbocycles. The third-order valence-electron chi connectivity index (χ3n) is 2.16. The number of hydrogen-bond acceptors (Lipinski definition) is 1. The van der Waals surface area contributed by atoms with E-state index in [4.69, 9.17) is 0 Å². The Balaban J connectivity index is 2.67. The molecule has 0 spiro atoms. The van der Waals surface area contributed by atoms with Gasteiger partial charge in [-0.15, -0.1) is 11.3 Å². The van der Waals surface area contributed by atoms with E-state index in [0.29, 0.717) is 10.3 Å². The second-order valence-corrected chi connectivity index (χ2v) is 4.06. The average Bonchev–Trinajstić information content (AvgIpc) is 2.42. The first-order valence-corrected chi connectivity index (χ1v) is 4.88. The maximum Gasteiger partial charge on any atom is 0.263 e. The minimum Gasteiger partial charge on any atom is -0.205 e. The van der Waals surface area contributed by atoms with E-state index >= 15 is 0 Å². The number of halogens is 3. The number of rotatable bonds is 1. The van der Waals surface area contributed by atoms with Gasteiger partial charge in [0.2, 0.25) is 0 Å². The Bertz CT molecular complexity index is 473. The topological polar surface area (TPSA) is 0 Å². The van der Waals surface area contributed by atoms with Crippen molar-refractivity contribution >= 4 is 21.4 Å². The molecule has 0 aliphatic carbocycles. The number of aryl methyl sites for hydroxylation is 1. The molecule has 0 fully saturated rings. The summed E-state index contributed by atoms with van der Waals surface area (Å²) in [4.78, 5) is 0. The van der Waals surface area contributed by atoms with Crippen molar-refractivity contribution in [3.05, 3.63) is 34.5 Å².